The Bertz CT molecular complexity index is 1550. The van der Waals surface area contributed by atoms with Crippen LogP contribution in [-0.2, 0) is 17.6 Å². The van der Waals surface area contributed by atoms with Crippen LogP contribution in [0.3, 0.4) is 0 Å². The Hall–Kier alpha value is -4.32. The zero-order chi connectivity index (χ0) is 27.4. The number of pyridine rings is 2. The number of nitrogens with one attached hydrogen (secondary N) is 3. The van der Waals surface area contributed by atoms with Crippen LogP contribution in [0.5, 0.6) is 0 Å². The summed E-state index contributed by atoms with van der Waals surface area (Å²) in [6, 6.07) is 7.71. The van der Waals surface area contributed by atoms with Crippen molar-refractivity contribution in [3.05, 3.63) is 76.6 Å². The number of benzene rings is 1. The van der Waals surface area contributed by atoms with Crippen molar-refractivity contribution in [1.82, 2.24) is 25.0 Å². The number of hydrogen-bond donors (Lipinski definition) is 3. The third-order valence-electron chi connectivity index (χ3n) is 5.60. The highest BCUT2D eigenvalue weighted by Gasteiger charge is 2.38. The molecule has 13 heteroatoms. The molecule has 3 heterocycles. The van der Waals surface area contributed by atoms with Gasteiger partial charge in [0, 0.05) is 34.6 Å². The zero-order valence-electron chi connectivity index (χ0n) is 20.3. The summed E-state index contributed by atoms with van der Waals surface area (Å²) in [4.78, 5) is 22.5. The SMILES string of the molecule is CCc1cnn(-c2ncc(NC(=O)/C(C=N)=C(/Nc3cccc4c(CC)nccc34)C(F)(F)F)cc2Cl)n1. The summed E-state index contributed by atoms with van der Waals surface area (Å²) in [5.41, 5.74) is -0.751. The Labute approximate surface area is 220 Å². The lowest BCUT2D eigenvalue weighted by Crippen LogP contribution is -2.27. The Balaban J connectivity index is 1.67. The average Bonchev–Trinajstić information content (AvgIpc) is 3.37. The minimum absolute atomic E-state index is 0.0244. The summed E-state index contributed by atoms with van der Waals surface area (Å²) in [7, 11) is 0. The van der Waals surface area contributed by atoms with Gasteiger partial charge in [-0.2, -0.15) is 23.4 Å². The fourth-order valence-corrected chi connectivity index (χ4v) is 3.98. The molecule has 1 amide bonds. The molecule has 0 radical (unpaired) electrons. The van der Waals surface area contributed by atoms with Gasteiger partial charge in [0.25, 0.3) is 5.91 Å². The lowest BCUT2D eigenvalue weighted by Gasteiger charge is -2.19. The summed E-state index contributed by atoms with van der Waals surface area (Å²) < 4.78 is 42.5. The van der Waals surface area contributed by atoms with Crippen LogP contribution >= 0.6 is 11.6 Å². The van der Waals surface area contributed by atoms with E-state index in [2.05, 4.69) is 30.8 Å². The molecule has 0 aliphatic heterocycles. The third-order valence-corrected chi connectivity index (χ3v) is 5.87. The monoisotopic (exact) mass is 542 g/mol. The molecular formula is C25H22ClF3N8O. The van der Waals surface area contributed by atoms with Crippen LogP contribution in [0, 0.1) is 5.41 Å². The highest BCUT2D eigenvalue weighted by Crippen LogP contribution is 2.33. The fourth-order valence-electron chi connectivity index (χ4n) is 3.74. The number of aryl methyl sites for hydroxylation is 2. The molecule has 3 aromatic heterocycles. The number of carbonyl (C=O) groups is 1. The minimum Gasteiger partial charge on any atom is -0.350 e. The number of aromatic nitrogens is 5. The number of alkyl halides is 3. The largest absolute Gasteiger partial charge is 0.432 e. The third kappa shape index (κ3) is 5.49. The summed E-state index contributed by atoms with van der Waals surface area (Å²) >= 11 is 6.27. The highest BCUT2D eigenvalue weighted by molar-refractivity contribution is 6.32. The van der Waals surface area contributed by atoms with Crippen molar-refractivity contribution >= 4 is 45.9 Å². The molecule has 0 saturated carbocycles. The molecule has 1 aromatic carbocycles. The number of anilines is 2. The molecule has 0 spiro atoms. The molecule has 0 bridgehead atoms. The molecule has 0 fully saturated rings. The van der Waals surface area contributed by atoms with Gasteiger partial charge in [-0.3, -0.25) is 9.78 Å². The van der Waals surface area contributed by atoms with E-state index in [0.29, 0.717) is 35.5 Å². The van der Waals surface area contributed by atoms with Crippen molar-refractivity contribution in [3.63, 3.8) is 0 Å². The van der Waals surface area contributed by atoms with Gasteiger partial charge < -0.3 is 16.0 Å². The molecule has 38 heavy (non-hydrogen) atoms. The number of carbonyl (C=O) groups excluding carboxylic acids is 1. The Morgan fingerprint density at radius 2 is 1.89 bits per heavy atom. The number of rotatable bonds is 8. The van der Waals surface area contributed by atoms with E-state index in [1.54, 1.807) is 24.4 Å². The number of allylic oxidation sites excluding steroid dienone is 1. The van der Waals surface area contributed by atoms with E-state index in [1.165, 1.54) is 29.3 Å². The van der Waals surface area contributed by atoms with E-state index in [9.17, 15) is 18.0 Å². The Morgan fingerprint density at radius 3 is 2.53 bits per heavy atom. The van der Waals surface area contributed by atoms with Gasteiger partial charge >= 0.3 is 6.18 Å². The van der Waals surface area contributed by atoms with Gasteiger partial charge in [0.15, 0.2) is 5.82 Å². The zero-order valence-corrected chi connectivity index (χ0v) is 21.0. The molecule has 0 unspecified atom stereocenters. The molecule has 0 saturated heterocycles. The van der Waals surface area contributed by atoms with E-state index in [-0.39, 0.29) is 22.2 Å². The van der Waals surface area contributed by atoms with Gasteiger partial charge in [0.2, 0.25) is 0 Å². The minimum atomic E-state index is -4.98. The second kappa shape index (κ2) is 11.0. The molecule has 196 valence electrons. The summed E-state index contributed by atoms with van der Waals surface area (Å²) in [6.45, 7) is 3.79. The highest BCUT2D eigenvalue weighted by atomic mass is 35.5. The van der Waals surface area contributed by atoms with Crippen molar-refractivity contribution < 1.29 is 18.0 Å². The molecule has 3 N–H and O–H groups in total. The quantitative estimate of drug-likeness (QED) is 0.199. The first-order valence-corrected chi connectivity index (χ1v) is 11.9. The van der Waals surface area contributed by atoms with Gasteiger partial charge in [-0.1, -0.05) is 37.6 Å². The predicted molar refractivity (Wildman–Crippen MR) is 139 cm³/mol. The first-order valence-electron chi connectivity index (χ1n) is 11.5. The first-order chi connectivity index (χ1) is 18.2. The van der Waals surface area contributed by atoms with Crippen LogP contribution in [0.15, 0.2) is 60.2 Å². The second-order valence-corrected chi connectivity index (χ2v) is 8.44. The van der Waals surface area contributed by atoms with Crippen LogP contribution < -0.4 is 10.6 Å². The van der Waals surface area contributed by atoms with Crippen molar-refractivity contribution in [1.29, 1.82) is 5.41 Å². The normalized spacial score (nSPS) is 12.3. The maximum atomic E-state index is 14.2. The molecular weight excluding hydrogens is 521 g/mol. The lowest BCUT2D eigenvalue weighted by molar-refractivity contribution is -0.114. The number of halogens is 4. The second-order valence-electron chi connectivity index (χ2n) is 8.03. The lowest BCUT2D eigenvalue weighted by atomic mass is 10.1. The van der Waals surface area contributed by atoms with Crippen LogP contribution in [0.4, 0.5) is 24.5 Å². The maximum Gasteiger partial charge on any atom is 0.432 e. The van der Waals surface area contributed by atoms with E-state index in [4.69, 9.17) is 17.0 Å². The smallest absolute Gasteiger partial charge is 0.350 e. The van der Waals surface area contributed by atoms with E-state index < -0.39 is 23.4 Å². The van der Waals surface area contributed by atoms with Crippen LogP contribution in [0.1, 0.15) is 25.2 Å². The number of amides is 1. The van der Waals surface area contributed by atoms with Gasteiger partial charge in [-0.05, 0) is 31.0 Å². The summed E-state index contributed by atoms with van der Waals surface area (Å²) in [5.74, 6) is -0.992. The molecule has 0 aliphatic rings. The molecule has 9 nitrogen and oxygen atoms in total. The van der Waals surface area contributed by atoms with Crippen molar-refractivity contribution in [2.75, 3.05) is 10.6 Å². The fraction of sp³-hybridized carbons (Fsp3) is 0.200. The molecule has 4 rings (SSSR count). The molecule has 4 aromatic rings. The number of fused-ring (bicyclic) bond motifs is 1. The summed E-state index contributed by atoms with van der Waals surface area (Å²) in [6.07, 6.45) is 0.873. The van der Waals surface area contributed by atoms with Gasteiger partial charge in [-0.25, -0.2) is 4.98 Å². The van der Waals surface area contributed by atoms with Crippen molar-refractivity contribution in [3.8, 4) is 5.82 Å². The average molecular weight is 543 g/mol. The van der Waals surface area contributed by atoms with Crippen molar-refractivity contribution in [2.45, 2.75) is 32.9 Å². The van der Waals surface area contributed by atoms with E-state index >= 15 is 0 Å². The summed E-state index contributed by atoms with van der Waals surface area (Å²) in [5, 5.41) is 21.8. The van der Waals surface area contributed by atoms with Gasteiger partial charge in [0.05, 0.1) is 34.4 Å². The van der Waals surface area contributed by atoms with Crippen molar-refractivity contribution in [2.24, 2.45) is 0 Å². The van der Waals surface area contributed by atoms with Gasteiger partial charge in [-0.15, -0.1) is 4.80 Å². The first kappa shape index (κ1) is 26.7. The molecule has 0 aliphatic carbocycles. The van der Waals surface area contributed by atoms with E-state index in [1.807, 2.05) is 13.8 Å². The maximum absolute atomic E-state index is 14.2. The Morgan fingerprint density at radius 1 is 1.11 bits per heavy atom. The van der Waals surface area contributed by atoms with Gasteiger partial charge in [0.1, 0.15) is 5.70 Å². The van der Waals surface area contributed by atoms with E-state index in [0.717, 1.165) is 5.69 Å². The topological polar surface area (TPSA) is 121 Å². The van der Waals surface area contributed by atoms with Crippen LogP contribution in [-0.4, -0.2) is 43.3 Å². The van der Waals surface area contributed by atoms with Crippen LogP contribution in [0.25, 0.3) is 16.6 Å². The van der Waals surface area contributed by atoms with Crippen LogP contribution in [0.2, 0.25) is 5.02 Å². The number of hydrogen-bond acceptors (Lipinski definition) is 7. The number of nitrogens with zero attached hydrogens (tertiary/aromatic N) is 5. The standard InChI is InChI=1S/C25H22ClF3N8O/c1-3-14-13-33-37(36-14)23-19(26)10-15(12-32-23)34-24(38)18(11-30)22(25(27,28)29)35-21-7-5-6-16-17(21)8-9-31-20(16)4-2/h5-13,30,35H,3-4H2,1-2H3,(H,34,38)/b22-18+,30-11?. The molecule has 0 atom stereocenters. The Kier molecular flexibility index (Phi) is 7.72. The predicted octanol–water partition coefficient (Wildman–Crippen LogP) is 5.51.